The molecule has 104 valence electrons. The predicted octanol–water partition coefficient (Wildman–Crippen LogP) is 1.68. The molecule has 1 fully saturated rings. The molecule has 20 heavy (non-hydrogen) atoms. The molecule has 1 saturated carbocycles. The SMILES string of the molecule is O=C1c2ccnc3[nH]cc(c23)CN1C(CCO)C1CC1. The maximum atomic E-state index is 12.8. The van der Waals surface area contributed by atoms with Gasteiger partial charge in [0.25, 0.3) is 5.91 Å². The summed E-state index contributed by atoms with van der Waals surface area (Å²) in [6, 6.07) is 1.97. The molecule has 0 saturated heterocycles. The summed E-state index contributed by atoms with van der Waals surface area (Å²) in [7, 11) is 0. The minimum atomic E-state index is 0.0786. The molecule has 2 N–H and O–H groups in total. The number of nitrogens with zero attached hydrogens (tertiary/aromatic N) is 2. The maximum Gasteiger partial charge on any atom is 0.255 e. The van der Waals surface area contributed by atoms with E-state index in [2.05, 4.69) is 9.97 Å². The van der Waals surface area contributed by atoms with Crippen LogP contribution in [-0.2, 0) is 6.54 Å². The molecule has 5 heteroatoms. The molecule has 3 heterocycles. The van der Waals surface area contributed by atoms with E-state index in [0.29, 0.717) is 18.9 Å². The van der Waals surface area contributed by atoms with Gasteiger partial charge in [-0.2, -0.15) is 0 Å². The van der Waals surface area contributed by atoms with Crippen LogP contribution in [0.5, 0.6) is 0 Å². The first-order valence-corrected chi connectivity index (χ1v) is 7.16. The van der Waals surface area contributed by atoms with Crippen molar-refractivity contribution in [2.45, 2.75) is 31.8 Å². The van der Waals surface area contributed by atoms with Gasteiger partial charge in [-0.15, -0.1) is 0 Å². The number of nitrogens with one attached hydrogen (secondary N) is 1. The van der Waals surface area contributed by atoms with E-state index in [0.717, 1.165) is 22.2 Å². The summed E-state index contributed by atoms with van der Waals surface area (Å²) < 4.78 is 0. The van der Waals surface area contributed by atoms with Gasteiger partial charge < -0.3 is 15.0 Å². The number of hydrogen-bond donors (Lipinski definition) is 2. The summed E-state index contributed by atoms with van der Waals surface area (Å²) in [5, 5.41) is 10.2. The second kappa shape index (κ2) is 4.31. The van der Waals surface area contributed by atoms with Crippen molar-refractivity contribution in [1.29, 1.82) is 0 Å². The number of aliphatic hydroxyl groups excluding tert-OH is 1. The van der Waals surface area contributed by atoms with E-state index in [1.54, 1.807) is 12.3 Å². The van der Waals surface area contributed by atoms with Crippen LogP contribution in [0.4, 0.5) is 0 Å². The lowest BCUT2D eigenvalue weighted by Gasteiger charge is -2.34. The first kappa shape index (κ1) is 11.9. The van der Waals surface area contributed by atoms with Gasteiger partial charge in [0, 0.05) is 37.0 Å². The molecule has 1 aliphatic heterocycles. The van der Waals surface area contributed by atoms with Crippen LogP contribution in [0, 0.1) is 5.92 Å². The van der Waals surface area contributed by atoms with Crippen LogP contribution in [-0.4, -0.2) is 38.5 Å². The molecule has 0 bridgehead atoms. The van der Waals surface area contributed by atoms with E-state index in [9.17, 15) is 9.90 Å². The van der Waals surface area contributed by atoms with Crippen molar-refractivity contribution in [3.8, 4) is 0 Å². The van der Waals surface area contributed by atoms with Gasteiger partial charge in [0.15, 0.2) is 0 Å². The molecule has 4 rings (SSSR count). The second-order valence-electron chi connectivity index (χ2n) is 5.75. The molecule has 2 aliphatic rings. The van der Waals surface area contributed by atoms with Crippen LogP contribution in [0.15, 0.2) is 18.5 Å². The minimum absolute atomic E-state index is 0.0786. The van der Waals surface area contributed by atoms with E-state index >= 15 is 0 Å². The fourth-order valence-corrected chi connectivity index (χ4v) is 3.36. The van der Waals surface area contributed by atoms with Crippen LogP contribution in [0.3, 0.4) is 0 Å². The van der Waals surface area contributed by atoms with Gasteiger partial charge in [0.05, 0.1) is 5.56 Å². The van der Waals surface area contributed by atoms with Crippen molar-refractivity contribution in [2.24, 2.45) is 5.92 Å². The summed E-state index contributed by atoms with van der Waals surface area (Å²) in [6.45, 7) is 0.759. The lowest BCUT2D eigenvalue weighted by atomic mass is 9.98. The smallest absolute Gasteiger partial charge is 0.255 e. The van der Waals surface area contributed by atoms with Gasteiger partial charge in [0.1, 0.15) is 5.65 Å². The summed E-state index contributed by atoms with van der Waals surface area (Å²) in [6.07, 6.45) is 6.63. The number of carbonyl (C=O) groups is 1. The monoisotopic (exact) mass is 271 g/mol. The third-order valence-corrected chi connectivity index (χ3v) is 4.48. The Morgan fingerprint density at radius 1 is 1.50 bits per heavy atom. The lowest BCUT2D eigenvalue weighted by molar-refractivity contribution is 0.0591. The number of aromatic nitrogens is 2. The largest absolute Gasteiger partial charge is 0.396 e. The highest BCUT2D eigenvalue weighted by Gasteiger charge is 2.39. The fraction of sp³-hybridized carbons (Fsp3) is 0.467. The highest BCUT2D eigenvalue weighted by Crippen LogP contribution is 2.40. The molecule has 1 aliphatic carbocycles. The fourth-order valence-electron chi connectivity index (χ4n) is 3.36. The minimum Gasteiger partial charge on any atom is -0.396 e. The Kier molecular flexibility index (Phi) is 2.57. The zero-order valence-corrected chi connectivity index (χ0v) is 11.2. The number of H-pyrrole nitrogens is 1. The number of amides is 1. The highest BCUT2D eigenvalue weighted by molar-refractivity contribution is 6.08. The summed E-state index contributed by atoms with van der Waals surface area (Å²) in [5.41, 5.74) is 2.66. The third kappa shape index (κ3) is 1.66. The average Bonchev–Trinajstić information content (AvgIpc) is 3.22. The van der Waals surface area contributed by atoms with Crippen LogP contribution >= 0.6 is 0 Å². The van der Waals surface area contributed by atoms with Crippen molar-refractivity contribution in [2.75, 3.05) is 6.61 Å². The lowest BCUT2D eigenvalue weighted by Crippen LogP contribution is -2.43. The molecular formula is C15H17N3O2. The number of aliphatic hydroxyl groups is 1. The Labute approximate surface area is 116 Å². The first-order chi connectivity index (χ1) is 9.79. The Balaban J connectivity index is 1.76. The van der Waals surface area contributed by atoms with E-state index in [1.165, 1.54) is 12.8 Å². The zero-order chi connectivity index (χ0) is 13.7. The predicted molar refractivity (Wildman–Crippen MR) is 74.2 cm³/mol. The summed E-state index contributed by atoms with van der Waals surface area (Å²) in [4.78, 5) is 22.1. The highest BCUT2D eigenvalue weighted by atomic mass is 16.3. The molecule has 1 amide bonds. The van der Waals surface area contributed by atoms with Crippen molar-refractivity contribution in [1.82, 2.24) is 14.9 Å². The topological polar surface area (TPSA) is 69.2 Å². The number of rotatable bonds is 4. The Bertz CT molecular complexity index is 675. The number of hydrogen-bond acceptors (Lipinski definition) is 3. The average molecular weight is 271 g/mol. The Morgan fingerprint density at radius 2 is 2.35 bits per heavy atom. The van der Waals surface area contributed by atoms with Gasteiger partial charge in [-0.25, -0.2) is 4.98 Å². The summed E-state index contributed by atoms with van der Waals surface area (Å²) in [5.74, 6) is 0.638. The van der Waals surface area contributed by atoms with Crippen molar-refractivity contribution in [3.05, 3.63) is 29.6 Å². The molecule has 0 spiro atoms. The molecule has 5 nitrogen and oxygen atoms in total. The normalized spacial score (nSPS) is 19.6. The number of aromatic amines is 1. The molecule has 2 aromatic rings. The van der Waals surface area contributed by atoms with Crippen LogP contribution in [0.2, 0.25) is 0 Å². The van der Waals surface area contributed by atoms with Crippen molar-refractivity contribution >= 4 is 16.9 Å². The van der Waals surface area contributed by atoms with Crippen LogP contribution in [0.1, 0.15) is 35.2 Å². The van der Waals surface area contributed by atoms with Gasteiger partial charge >= 0.3 is 0 Å². The molecule has 1 unspecified atom stereocenters. The van der Waals surface area contributed by atoms with Crippen LogP contribution < -0.4 is 0 Å². The van der Waals surface area contributed by atoms with E-state index in [-0.39, 0.29) is 18.6 Å². The first-order valence-electron chi connectivity index (χ1n) is 7.16. The molecular weight excluding hydrogens is 254 g/mol. The van der Waals surface area contributed by atoms with E-state index in [1.807, 2.05) is 11.1 Å². The molecule has 2 aromatic heterocycles. The molecule has 1 atom stereocenters. The van der Waals surface area contributed by atoms with Gasteiger partial charge in [-0.05, 0) is 36.8 Å². The quantitative estimate of drug-likeness (QED) is 0.889. The Hall–Kier alpha value is -1.88. The molecule has 0 radical (unpaired) electrons. The zero-order valence-electron chi connectivity index (χ0n) is 11.2. The van der Waals surface area contributed by atoms with E-state index < -0.39 is 0 Å². The van der Waals surface area contributed by atoms with Gasteiger partial charge in [0.2, 0.25) is 0 Å². The van der Waals surface area contributed by atoms with Gasteiger partial charge in [-0.3, -0.25) is 4.79 Å². The van der Waals surface area contributed by atoms with Crippen molar-refractivity contribution < 1.29 is 9.90 Å². The third-order valence-electron chi connectivity index (χ3n) is 4.48. The summed E-state index contributed by atoms with van der Waals surface area (Å²) >= 11 is 0. The van der Waals surface area contributed by atoms with Gasteiger partial charge in [-0.1, -0.05) is 0 Å². The Morgan fingerprint density at radius 3 is 3.10 bits per heavy atom. The maximum absolute atomic E-state index is 12.8. The number of carbonyl (C=O) groups excluding carboxylic acids is 1. The second-order valence-corrected chi connectivity index (χ2v) is 5.75. The number of pyridine rings is 1. The van der Waals surface area contributed by atoms with E-state index in [4.69, 9.17) is 0 Å². The molecule has 0 aromatic carbocycles. The van der Waals surface area contributed by atoms with Crippen LogP contribution in [0.25, 0.3) is 11.0 Å². The van der Waals surface area contributed by atoms with Crippen molar-refractivity contribution in [3.63, 3.8) is 0 Å². The standard InChI is InChI=1S/C15H17N3O2/c19-6-4-12(9-1-2-9)18-8-10-7-17-14-13(10)11(15(18)20)3-5-16-14/h3,5,7,9,12,19H,1-2,4,6,8H2,(H,16,17).